The number of nitrogens with zero attached hydrogens (tertiary/aromatic N) is 2. The highest BCUT2D eigenvalue weighted by Crippen LogP contribution is 2.54. The Hall–Kier alpha value is -1.75. The number of amides is 1. The van der Waals surface area contributed by atoms with Crippen molar-refractivity contribution in [2.45, 2.75) is 38.5 Å². The van der Waals surface area contributed by atoms with Crippen LogP contribution in [0.2, 0.25) is 0 Å². The first-order valence-corrected chi connectivity index (χ1v) is 8.18. The molecule has 5 heteroatoms. The van der Waals surface area contributed by atoms with E-state index in [1.807, 2.05) is 19.9 Å². The summed E-state index contributed by atoms with van der Waals surface area (Å²) in [5, 5.41) is 12.9. The van der Waals surface area contributed by atoms with Crippen LogP contribution in [0.4, 0.5) is 5.13 Å². The molecule has 1 aliphatic rings. The molecule has 0 spiro atoms. The van der Waals surface area contributed by atoms with Crippen LogP contribution in [0, 0.1) is 5.92 Å². The summed E-state index contributed by atoms with van der Waals surface area (Å²) < 4.78 is 0. The van der Waals surface area contributed by atoms with Crippen molar-refractivity contribution in [2.24, 2.45) is 5.92 Å². The Morgan fingerprint density at radius 1 is 1.33 bits per heavy atom. The lowest BCUT2D eigenvalue weighted by Gasteiger charge is -2.11. The molecule has 1 heterocycles. The first kappa shape index (κ1) is 14.2. The first-order valence-electron chi connectivity index (χ1n) is 7.36. The van der Waals surface area contributed by atoms with E-state index in [9.17, 15) is 4.79 Å². The third kappa shape index (κ3) is 2.70. The molecule has 1 N–H and O–H groups in total. The van der Waals surface area contributed by atoms with Gasteiger partial charge in [0.2, 0.25) is 11.0 Å². The van der Waals surface area contributed by atoms with Crippen LogP contribution in [0.25, 0.3) is 0 Å². The number of hydrogen-bond acceptors (Lipinski definition) is 4. The lowest BCUT2D eigenvalue weighted by molar-refractivity contribution is -0.119. The molecule has 3 rings (SSSR count). The average molecular weight is 301 g/mol. The van der Waals surface area contributed by atoms with Crippen molar-refractivity contribution in [3.8, 4) is 0 Å². The minimum absolute atomic E-state index is 0.00126. The molecule has 1 aliphatic carbocycles. The average Bonchev–Trinajstić information content (AvgIpc) is 3.21. The van der Waals surface area contributed by atoms with E-state index in [4.69, 9.17) is 0 Å². The summed E-state index contributed by atoms with van der Waals surface area (Å²) in [6, 6.07) is 10.4. The van der Waals surface area contributed by atoms with Crippen LogP contribution in [0.5, 0.6) is 0 Å². The van der Waals surface area contributed by atoms with Crippen molar-refractivity contribution in [2.75, 3.05) is 5.32 Å². The number of benzene rings is 1. The normalized spacial score (nSPS) is 17.2. The predicted molar refractivity (Wildman–Crippen MR) is 84.4 cm³/mol. The highest BCUT2D eigenvalue weighted by atomic mass is 32.1. The van der Waals surface area contributed by atoms with Crippen molar-refractivity contribution in [1.29, 1.82) is 0 Å². The van der Waals surface area contributed by atoms with Crippen LogP contribution >= 0.6 is 11.3 Å². The largest absolute Gasteiger partial charge is 0.300 e. The van der Waals surface area contributed by atoms with Gasteiger partial charge in [0, 0.05) is 11.3 Å². The SMILES string of the molecule is CCC(C)C(=O)Nc1nnc(C2(c3ccccc3)CC2)s1. The summed E-state index contributed by atoms with van der Waals surface area (Å²) in [5.41, 5.74) is 1.32. The summed E-state index contributed by atoms with van der Waals surface area (Å²) in [6.45, 7) is 3.92. The number of carbonyl (C=O) groups excluding carboxylic acids is 1. The maximum Gasteiger partial charge on any atom is 0.229 e. The molecule has 1 unspecified atom stereocenters. The molecule has 4 nitrogen and oxygen atoms in total. The Labute approximate surface area is 128 Å². The summed E-state index contributed by atoms with van der Waals surface area (Å²) in [7, 11) is 0. The van der Waals surface area contributed by atoms with Gasteiger partial charge in [-0.05, 0) is 24.8 Å². The number of aromatic nitrogens is 2. The predicted octanol–water partition coefficient (Wildman–Crippen LogP) is 3.60. The zero-order valence-corrected chi connectivity index (χ0v) is 13.1. The monoisotopic (exact) mass is 301 g/mol. The second-order valence-corrected chi connectivity index (χ2v) is 6.64. The molecule has 0 radical (unpaired) electrons. The highest BCUT2D eigenvalue weighted by molar-refractivity contribution is 7.15. The zero-order chi connectivity index (χ0) is 14.9. The third-order valence-corrected chi connectivity index (χ3v) is 5.24. The molecule has 1 atom stereocenters. The number of anilines is 1. The van der Waals surface area contributed by atoms with Gasteiger partial charge >= 0.3 is 0 Å². The summed E-state index contributed by atoms with van der Waals surface area (Å²) >= 11 is 1.50. The molecule has 1 aromatic heterocycles. The Balaban J connectivity index is 1.78. The first-order chi connectivity index (χ1) is 10.2. The van der Waals surface area contributed by atoms with Gasteiger partial charge in [0.15, 0.2) is 0 Å². The third-order valence-electron chi connectivity index (χ3n) is 4.20. The van der Waals surface area contributed by atoms with E-state index in [1.165, 1.54) is 16.9 Å². The molecule has 2 aromatic rings. The number of hydrogen-bond donors (Lipinski definition) is 1. The van der Waals surface area contributed by atoms with Gasteiger partial charge in [0.1, 0.15) is 5.01 Å². The van der Waals surface area contributed by atoms with Gasteiger partial charge in [-0.25, -0.2) is 0 Å². The summed E-state index contributed by atoms with van der Waals surface area (Å²) in [4.78, 5) is 11.9. The Morgan fingerprint density at radius 2 is 2.05 bits per heavy atom. The van der Waals surface area contributed by atoms with Crippen molar-refractivity contribution >= 4 is 22.4 Å². The highest BCUT2D eigenvalue weighted by Gasteiger charge is 2.48. The van der Waals surface area contributed by atoms with E-state index in [2.05, 4.69) is 39.8 Å². The van der Waals surface area contributed by atoms with Gasteiger partial charge in [-0.1, -0.05) is 55.5 Å². The smallest absolute Gasteiger partial charge is 0.229 e. The molecule has 0 saturated heterocycles. The quantitative estimate of drug-likeness (QED) is 0.918. The van der Waals surface area contributed by atoms with E-state index in [-0.39, 0.29) is 17.2 Å². The molecular weight excluding hydrogens is 282 g/mol. The van der Waals surface area contributed by atoms with Crippen molar-refractivity contribution in [3.63, 3.8) is 0 Å². The number of rotatable bonds is 5. The van der Waals surface area contributed by atoms with Crippen LogP contribution in [-0.4, -0.2) is 16.1 Å². The zero-order valence-electron chi connectivity index (χ0n) is 12.3. The molecule has 1 fully saturated rings. The van der Waals surface area contributed by atoms with Crippen molar-refractivity contribution in [1.82, 2.24) is 10.2 Å². The Morgan fingerprint density at radius 3 is 2.67 bits per heavy atom. The number of nitrogens with one attached hydrogen (secondary N) is 1. The number of carbonyl (C=O) groups is 1. The lowest BCUT2D eigenvalue weighted by atomic mass is 9.97. The van der Waals surface area contributed by atoms with Gasteiger partial charge in [-0.3, -0.25) is 4.79 Å². The van der Waals surface area contributed by atoms with E-state index in [1.54, 1.807) is 0 Å². The standard InChI is InChI=1S/C16H19N3OS/c1-3-11(2)13(20)17-15-19-18-14(21-15)16(9-10-16)12-7-5-4-6-8-12/h4-8,11H,3,9-10H2,1-2H3,(H,17,19,20). The molecular formula is C16H19N3OS. The Kier molecular flexibility index (Phi) is 3.76. The van der Waals surface area contributed by atoms with Crippen molar-refractivity contribution in [3.05, 3.63) is 40.9 Å². The summed E-state index contributed by atoms with van der Waals surface area (Å²) in [6.07, 6.45) is 3.03. The second-order valence-electron chi connectivity index (χ2n) is 5.66. The van der Waals surface area contributed by atoms with Crippen LogP contribution in [0.1, 0.15) is 43.7 Å². The fourth-order valence-corrected chi connectivity index (χ4v) is 3.40. The molecule has 1 amide bonds. The van der Waals surface area contributed by atoms with Gasteiger partial charge in [0.05, 0.1) is 0 Å². The fraction of sp³-hybridized carbons (Fsp3) is 0.438. The van der Waals surface area contributed by atoms with E-state index in [0.717, 1.165) is 24.3 Å². The topological polar surface area (TPSA) is 54.9 Å². The maximum atomic E-state index is 11.9. The molecule has 1 saturated carbocycles. The molecule has 0 aliphatic heterocycles. The van der Waals surface area contributed by atoms with Crippen LogP contribution < -0.4 is 5.32 Å². The molecule has 0 bridgehead atoms. The summed E-state index contributed by atoms with van der Waals surface area (Å²) in [5.74, 6) is 0.0196. The minimum Gasteiger partial charge on any atom is -0.300 e. The minimum atomic E-state index is 0.00126. The molecule has 21 heavy (non-hydrogen) atoms. The van der Waals surface area contributed by atoms with Gasteiger partial charge < -0.3 is 5.32 Å². The van der Waals surface area contributed by atoms with Crippen LogP contribution in [0.15, 0.2) is 30.3 Å². The maximum absolute atomic E-state index is 11.9. The molecule has 110 valence electrons. The van der Waals surface area contributed by atoms with Crippen LogP contribution in [-0.2, 0) is 10.2 Å². The Bertz CT molecular complexity index is 634. The van der Waals surface area contributed by atoms with Crippen molar-refractivity contribution < 1.29 is 4.79 Å². The van der Waals surface area contributed by atoms with E-state index < -0.39 is 0 Å². The van der Waals surface area contributed by atoms with Crippen LogP contribution in [0.3, 0.4) is 0 Å². The second kappa shape index (κ2) is 5.56. The van der Waals surface area contributed by atoms with Gasteiger partial charge in [0.25, 0.3) is 0 Å². The van der Waals surface area contributed by atoms with E-state index in [0.29, 0.717) is 5.13 Å². The molecule has 1 aromatic carbocycles. The van der Waals surface area contributed by atoms with Gasteiger partial charge in [-0.2, -0.15) is 0 Å². The van der Waals surface area contributed by atoms with Gasteiger partial charge in [-0.15, -0.1) is 10.2 Å². The lowest BCUT2D eigenvalue weighted by Crippen LogP contribution is -2.19. The fourth-order valence-electron chi connectivity index (χ4n) is 2.39. The van der Waals surface area contributed by atoms with E-state index >= 15 is 0 Å².